The van der Waals surface area contributed by atoms with E-state index in [0.29, 0.717) is 19.6 Å². The third-order valence-electron chi connectivity index (χ3n) is 3.72. The number of benzene rings is 2. The van der Waals surface area contributed by atoms with Crippen molar-refractivity contribution >= 4 is 5.91 Å². The summed E-state index contributed by atoms with van der Waals surface area (Å²) in [6.07, 6.45) is 0.115. The SMILES string of the molecule is CC[C@H](Oc1ccccc1C)C(=O)NCCOc1ccc(C)cc1. The topological polar surface area (TPSA) is 47.6 Å². The first-order valence-electron chi connectivity index (χ1n) is 8.29. The fourth-order valence-corrected chi connectivity index (χ4v) is 2.26. The number of amides is 1. The van der Waals surface area contributed by atoms with Gasteiger partial charge in [0.2, 0.25) is 0 Å². The van der Waals surface area contributed by atoms with E-state index < -0.39 is 6.10 Å². The van der Waals surface area contributed by atoms with E-state index in [0.717, 1.165) is 17.1 Å². The molecular formula is C20H25NO3. The molecule has 24 heavy (non-hydrogen) atoms. The number of para-hydroxylation sites is 1. The second-order valence-corrected chi connectivity index (χ2v) is 5.73. The van der Waals surface area contributed by atoms with Crippen LogP contribution in [-0.2, 0) is 4.79 Å². The van der Waals surface area contributed by atoms with Gasteiger partial charge in [-0.25, -0.2) is 0 Å². The van der Waals surface area contributed by atoms with Crippen LogP contribution >= 0.6 is 0 Å². The molecule has 4 nitrogen and oxygen atoms in total. The molecule has 0 aliphatic heterocycles. The van der Waals surface area contributed by atoms with Crippen molar-refractivity contribution in [2.45, 2.75) is 33.3 Å². The van der Waals surface area contributed by atoms with Crippen molar-refractivity contribution in [1.82, 2.24) is 5.32 Å². The Morgan fingerprint density at radius 2 is 1.79 bits per heavy atom. The summed E-state index contributed by atoms with van der Waals surface area (Å²) in [6, 6.07) is 15.5. The molecule has 0 saturated carbocycles. The van der Waals surface area contributed by atoms with Crippen molar-refractivity contribution in [3.8, 4) is 11.5 Å². The van der Waals surface area contributed by atoms with Gasteiger partial charge in [-0.15, -0.1) is 0 Å². The molecule has 2 aromatic carbocycles. The Hall–Kier alpha value is -2.49. The monoisotopic (exact) mass is 327 g/mol. The van der Waals surface area contributed by atoms with Gasteiger partial charge in [0.15, 0.2) is 6.10 Å². The number of aryl methyl sites for hydroxylation is 2. The lowest BCUT2D eigenvalue weighted by Crippen LogP contribution is -2.39. The lowest BCUT2D eigenvalue weighted by Gasteiger charge is -2.18. The Morgan fingerprint density at radius 3 is 2.46 bits per heavy atom. The molecule has 0 spiro atoms. The maximum absolute atomic E-state index is 12.3. The van der Waals surface area contributed by atoms with Crippen LogP contribution in [0.3, 0.4) is 0 Å². The second-order valence-electron chi connectivity index (χ2n) is 5.73. The molecule has 0 heterocycles. The van der Waals surface area contributed by atoms with Gasteiger partial charge in [0.05, 0.1) is 6.54 Å². The number of hydrogen-bond donors (Lipinski definition) is 1. The van der Waals surface area contributed by atoms with E-state index in [1.807, 2.05) is 69.3 Å². The van der Waals surface area contributed by atoms with Crippen LogP contribution in [0.2, 0.25) is 0 Å². The minimum atomic E-state index is -0.495. The molecule has 0 aliphatic carbocycles. The molecule has 0 fully saturated rings. The van der Waals surface area contributed by atoms with Crippen molar-refractivity contribution in [3.05, 3.63) is 59.7 Å². The minimum absolute atomic E-state index is 0.117. The Kier molecular flexibility index (Phi) is 6.67. The molecule has 128 valence electrons. The zero-order chi connectivity index (χ0) is 17.4. The van der Waals surface area contributed by atoms with Gasteiger partial charge >= 0.3 is 0 Å². The van der Waals surface area contributed by atoms with E-state index in [1.165, 1.54) is 5.56 Å². The molecule has 0 saturated heterocycles. The third kappa shape index (κ3) is 5.30. The highest BCUT2D eigenvalue weighted by Gasteiger charge is 2.18. The molecule has 0 bridgehead atoms. The first-order chi connectivity index (χ1) is 11.6. The average Bonchev–Trinajstić information content (AvgIpc) is 2.59. The molecule has 0 aromatic heterocycles. The minimum Gasteiger partial charge on any atom is -0.492 e. The van der Waals surface area contributed by atoms with Crippen LogP contribution in [0.4, 0.5) is 0 Å². The van der Waals surface area contributed by atoms with Gasteiger partial charge < -0.3 is 14.8 Å². The predicted molar refractivity (Wildman–Crippen MR) is 95.6 cm³/mol. The molecule has 1 N–H and O–H groups in total. The van der Waals surface area contributed by atoms with Crippen molar-refractivity contribution in [3.63, 3.8) is 0 Å². The van der Waals surface area contributed by atoms with E-state index >= 15 is 0 Å². The van der Waals surface area contributed by atoms with Crippen LogP contribution < -0.4 is 14.8 Å². The molecule has 0 radical (unpaired) electrons. The smallest absolute Gasteiger partial charge is 0.261 e. The number of carbonyl (C=O) groups is 1. The molecule has 0 unspecified atom stereocenters. The van der Waals surface area contributed by atoms with Gasteiger partial charge in [-0.1, -0.05) is 42.8 Å². The van der Waals surface area contributed by atoms with Crippen LogP contribution in [0.5, 0.6) is 11.5 Å². The predicted octanol–water partition coefficient (Wildman–Crippen LogP) is 3.66. The van der Waals surface area contributed by atoms with E-state index in [9.17, 15) is 4.79 Å². The standard InChI is InChI=1S/C20H25NO3/c1-4-18(24-19-8-6-5-7-16(19)3)20(22)21-13-14-23-17-11-9-15(2)10-12-17/h5-12,18H,4,13-14H2,1-3H3,(H,21,22)/t18-/m0/s1. The van der Waals surface area contributed by atoms with Crippen molar-refractivity contribution < 1.29 is 14.3 Å². The number of carbonyl (C=O) groups excluding carboxylic acids is 1. The summed E-state index contributed by atoms with van der Waals surface area (Å²) in [4.78, 5) is 12.3. The average molecular weight is 327 g/mol. The van der Waals surface area contributed by atoms with Gasteiger partial charge in [-0.3, -0.25) is 4.79 Å². The highest BCUT2D eigenvalue weighted by molar-refractivity contribution is 5.81. The fourth-order valence-electron chi connectivity index (χ4n) is 2.26. The Balaban J connectivity index is 1.77. The number of nitrogens with one attached hydrogen (secondary N) is 1. The number of hydrogen-bond acceptors (Lipinski definition) is 3. The molecular weight excluding hydrogens is 302 g/mol. The Morgan fingerprint density at radius 1 is 1.08 bits per heavy atom. The normalized spacial score (nSPS) is 11.6. The molecule has 4 heteroatoms. The van der Waals surface area contributed by atoms with Crippen LogP contribution in [0.1, 0.15) is 24.5 Å². The van der Waals surface area contributed by atoms with E-state index in [2.05, 4.69) is 5.32 Å². The van der Waals surface area contributed by atoms with Crippen LogP contribution in [-0.4, -0.2) is 25.2 Å². The first kappa shape index (κ1) is 17.9. The quantitative estimate of drug-likeness (QED) is 0.753. The maximum atomic E-state index is 12.3. The summed E-state index contributed by atoms with van der Waals surface area (Å²) < 4.78 is 11.4. The van der Waals surface area contributed by atoms with Crippen molar-refractivity contribution in [2.24, 2.45) is 0 Å². The largest absolute Gasteiger partial charge is 0.492 e. The van der Waals surface area contributed by atoms with E-state index in [1.54, 1.807) is 0 Å². The van der Waals surface area contributed by atoms with Gasteiger partial charge in [-0.2, -0.15) is 0 Å². The van der Waals surface area contributed by atoms with E-state index in [4.69, 9.17) is 9.47 Å². The van der Waals surface area contributed by atoms with Crippen LogP contribution in [0.25, 0.3) is 0 Å². The number of ether oxygens (including phenoxy) is 2. The maximum Gasteiger partial charge on any atom is 0.261 e. The van der Waals surface area contributed by atoms with Crippen molar-refractivity contribution in [1.29, 1.82) is 0 Å². The summed E-state index contributed by atoms with van der Waals surface area (Å²) in [7, 11) is 0. The first-order valence-corrected chi connectivity index (χ1v) is 8.29. The van der Waals surface area contributed by atoms with Gasteiger partial charge in [0.25, 0.3) is 5.91 Å². The molecule has 2 rings (SSSR count). The summed E-state index contributed by atoms with van der Waals surface area (Å²) in [5.41, 5.74) is 2.21. The molecule has 2 aromatic rings. The zero-order valence-electron chi connectivity index (χ0n) is 14.5. The van der Waals surface area contributed by atoms with Gasteiger partial charge in [0, 0.05) is 0 Å². The summed E-state index contributed by atoms with van der Waals surface area (Å²) >= 11 is 0. The second kappa shape index (κ2) is 8.96. The lowest BCUT2D eigenvalue weighted by atomic mass is 10.2. The highest BCUT2D eigenvalue weighted by Crippen LogP contribution is 2.18. The highest BCUT2D eigenvalue weighted by atomic mass is 16.5. The third-order valence-corrected chi connectivity index (χ3v) is 3.72. The number of rotatable bonds is 8. The van der Waals surface area contributed by atoms with Gasteiger partial charge in [-0.05, 0) is 44.0 Å². The van der Waals surface area contributed by atoms with Crippen molar-refractivity contribution in [2.75, 3.05) is 13.2 Å². The fraction of sp³-hybridized carbons (Fsp3) is 0.350. The summed E-state index contributed by atoms with van der Waals surface area (Å²) in [5, 5.41) is 2.87. The molecule has 1 atom stereocenters. The van der Waals surface area contributed by atoms with E-state index in [-0.39, 0.29) is 5.91 Å². The Bertz CT molecular complexity index is 652. The van der Waals surface area contributed by atoms with Gasteiger partial charge in [0.1, 0.15) is 18.1 Å². The molecule has 1 amide bonds. The zero-order valence-corrected chi connectivity index (χ0v) is 14.5. The van der Waals surface area contributed by atoms with Crippen LogP contribution in [0, 0.1) is 13.8 Å². The van der Waals surface area contributed by atoms with Crippen LogP contribution in [0.15, 0.2) is 48.5 Å². The summed E-state index contributed by atoms with van der Waals surface area (Å²) in [6.45, 7) is 6.81. The lowest BCUT2D eigenvalue weighted by molar-refractivity contribution is -0.128. The summed E-state index contributed by atoms with van der Waals surface area (Å²) in [5.74, 6) is 1.43. The Labute approximate surface area is 143 Å². The molecule has 0 aliphatic rings.